The molecule has 2 N–H and O–H groups in total. The molecular formula is C31H36ClN3O2S. The number of amides is 1. The maximum Gasteiger partial charge on any atom is 0.227 e. The molecule has 2 aromatic carbocycles. The van der Waals surface area contributed by atoms with Gasteiger partial charge in [-0.15, -0.1) is 11.8 Å². The molecular weight excluding hydrogens is 514 g/mol. The van der Waals surface area contributed by atoms with E-state index in [-0.39, 0.29) is 18.2 Å². The number of hydrogen-bond acceptors (Lipinski definition) is 4. The number of likely N-dealkylation sites (N-methyl/N-ethyl adjacent to an activating group) is 1. The second-order valence-corrected chi connectivity index (χ2v) is 11.0. The number of aromatic amines is 1. The fourth-order valence-corrected chi connectivity index (χ4v) is 6.39. The van der Waals surface area contributed by atoms with Gasteiger partial charge in [-0.05, 0) is 86.7 Å². The number of ketones is 1. The molecule has 3 aromatic rings. The quantitative estimate of drug-likeness (QED) is 0.221. The first kappa shape index (κ1) is 28.1. The van der Waals surface area contributed by atoms with E-state index < -0.39 is 0 Å². The summed E-state index contributed by atoms with van der Waals surface area (Å²) in [4.78, 5) is 32.2. The van der Waals surface area contributed by atoms with Crippen molar-refractivity contribution >= 4 is 52.4 Å². The van der Waals surface area contributed by atoms with Crippen molar-refractivity contribution in [2.75, 3.05) is 25.0 Å². The minimum Gasteiger partial charge on any atom is -0.377 e. The largest absolute Gasteiger partial charge is 0.377 e. The summed E-state index contributed by atoms with van der Waals surface area (Å²) in [6.07, 6.45) is 3.24. The van der Waals surface area contributed by atoms with Crippen LogP contribution in [-0.4, -0.2) is 41.2 Å². The van der Waals surface area contributed by atoms with Crippen molar-refractivity contribution in [2.45, 2.75) is 58.1 Å². The highest BCUT2D eigenvalue weighted by Crippen LogP contribution is 2.36. The molecule has 1 aromatic heterocycles. The number of rotatable bonds is 9. The van der Waals surface area contributed by atoms with E-state index in [9.17, 15) is 9.59 Å². The highest BCUT2D eigenvalue weighted by molar-refractivity contribution is 7.98. The van der Waals surface area contributed by atoms with E-state index in [1.807, 2.05) is 56.9 Å². The first-order valence-electron chi connectivity index (χ1n) is 13.2. The summed E-state index contributed by atoms with van der Waals surface area (Å²) in [5.74, 6) is 0.932. The Morgan fingerprint density at radius 3 is 2.58 bits per heavy atom. The number of H-pyrrole nitrogens is 1. The van der Waals surface area contributed by atoms with Crippen LogP contribution in [0.4, 0.5) is 5.69 Å². The summed E-state index contributed by atoms with van der Waals surface area (Å²) >= 11 is 8.24. The first-order valence-corrected chi connectivity index (χ1v) is 14.6. The van der Waals surface area contributed by atoms with E-state index >= 15 is 0 Å². The minimum absolute atomic E-state index is 0.0476. The number of nitrogens with one attached hydrogen (secondary N) is 2. The second kappa shape index (κ2) is 12.3. The summed E-state index contributed by atoms with van der Waals surface area (Å²) in [7, 11) is 0. The molecule has 0 saturated heterocycles. The number of thioether (sulfide) groups is 1. The Morgan fingerprint density at radius 2 is 1.87 bits per heavy atom. The number of aromatic nitrogens is 1. The van der Waals surface area contributed by atoms with Crippen LogP contribution in [0.3, 0.4) is 0 Å². The molecule has 5 nitrogen and oxygen atoms in total. The molecule has 0 unspecified atom stereocenters. The van der Waals surface area contributed by atoms with Gasteiger partial charge in [-0.1, -0.05) is 30.7 Å². The van der Waals surface area contributed by atoms with E-state index in [0.717, 1.165) is 61.4 Å². The predicted octanol–water partition coefficient (Wildman–Crippen LogP) is 7.09. The van der Waals surface area contributed by atoms with Crippen LogP contribution >= 0.6 is 23.4 Å². The smallest absolute Gasteiger partial charge is 0.227 e. The van der Waals surface area contributed by atoms with Gasteiger partial charge in [0.05, 0.1) is 13.0 Å². The van der Waals surface area contributed by atoms with E-state index in [1.165, 1.54) is 5.56 Å². The fourth-order valence-electron chi connectivity index (χ4n) is 5.03. The monoisotopic (exact) mass is 549 g/mol. The van der Waals surface area contributed by atoms with E-state index in [1.54, 1.807) is 11.8 Å². The van der Waals surface area contributed by atoms with Crippen molar-refractivity contribution in [2.24, 2.45) is 0 Å². The number of hydrogen-bond donors (Lipinski definition) is 2. The number of aryl methyl sites for hydroxylation is 2. The van der Waals surface area contributed by atoms with Crippen molar-refractivity contribution in [3.05, 3.63) is 80.6 Å². The molecule has 1 aliphatic rings. The maximum atomic E-state index is 13.1. The number of carbonyl (C=O) groups excluding carboxylic acids is 2. The number of nitrogens with zero attached hydrogens (tertiary/aromatic N) is 1. The normalized spacial score (nSPS) is 13.9. The Morgan fingerprint density at radius 1 is 1.11 bits per heavy atom. The zero-order chi connectivity index (χ0) is 27.4. The molecule has 0 bridgehead atoms. The second-order valence-electron chi connectivity index (χ2n) is 9.57. The van der Waals surface area contributed by atoms with Crippen LogP contribution < -0.4 is 5.32 Å². The molecule has 7 heteroatoms. The van der Waals surface area contributed by atoms with E-state index in [0.29, 0.717) is 25.1 Å². The molecule has 0 radical (unpaired) electrons. The first-order chi connectivity index (χ1) is 18.3. The van der Waals surface area contributed by atoms with Gasteiger partial charge >= 0.3 is 0 Å². The van der Waals surface area contributed by atoms with Gasteiger partial charge in [0.15, 0.2) is 5.78 Å². The summed E-state index contributed by atoms with van der Waals surface area (Å²) in [6.45, 7) is 11.8. The SMILES string of the molecule is CCc1cccc(Cl)c1CSc1ccc2c(c1)/C(=C/c1[nH]c(C)c(CC(=O)N(CC)CC)c1C)C(=O)CN2. The van der Waals surface area contributed by atoms with Crippen LogP contribution in [0.5, 0.6) is 0 Å². The van der Waals surface area contributed by atoms with Gasteiger partial charge in [0, 0.05) is 57.0 Å². The van der Waals surface area contributed by atoms with Crippen molar-refractivity contribution in [1.29, 1.82) is 0 Å². The fraction of sp³-hybridized carbons (Fsp3) is 0.355. The Kier molecular flexibility index (Phi) is 9.06. The highest BCUT2D eigenvalue weighted by atomic mass is 35.5. The lowest BCUT2D eigenvalue weighted by atomic mass is 9.94. The number of Topliss-reactive ketones (excluding diaryl/α,β-unsaturated/α-hetero) is 1. The van der Waals surface area contributed by atoms with E-state index in [4.69, 9.17) is 11.6 Å². The van der Waals surface area contributed by atoms with Crippen LogP contribution in [0.25, 0.3) is 11.6 Å². The van der Waals surface area contributed by atoms with Crippen molar-refractivity contribution in [3.63, 3.8) is 0 Å². The summed E-state index contributed by atoms with van der Waals surface area (Å²) in [5, 5.41) is 4.05. The lowest BCUT2D eigenvalue weighted by molar-refractivity contribution is -0.130. The van der Waals surface area contributed by atoms with Gasteiger partial charge in [-0.25, -0.2) is 0 Å². The van der Waals surface area contributed by atoms with Crippen molar-refractivity contribution < 1.29 is 9.59 Å². The Balaban J connectivity index is 1.64. The number of fused-ring (bicyclic) bond motifs is 1. The van der Waals surface area contributed by atoms with Crippen LogP contribution in [0.1, 0.15) is 60.0 Å². The highest BCUT2D eigenvalue weighted by Gasteiger charge is 2.24. The molecule has 38 heavy (non-hydrogen) atoms. The number of halogens is 1. The minimum atomic E-state index is 0.0476. The summed E-state index contributed by atoms with van der Waals surface area (Å²) in [6, 6.07) is 12.3. The lowest BCUT2D eigenvalue weighted by Crippen LogP contribution is -2.32. The number of anilines is 1. The predicted molar refractivity (Wildman–Crippen MR) is 160 cm³/mol. The molecule has 0 aliphatic carbocycles. The molecule has 200 valence electrons. The average molecular weight is 550 g/mol. The molecule has 0 fully saturated rings. The molecule has 2 heterocycles. The van der Waals surface area contributed by atoms with Gasteiger partial charge in [0.1, 0.15) is 0 Å². The number of benzene rings is 2. The average Bonchev–Trinajstić information content (AvgIpc) is 3.17. The van der Waals surface area contributed by atoms with Crippen LogP contribution in [-0.2, 0) is 28.2 Å². The van der Waals surface area contributed by atoms with Gasteiger partial charge in [0.2, 0.25) is 5.91 Å². The standard InChI is InChI=1S/C31H36ClN3O2S/c1-6-21-10-9-11-27(32)26(21)18-38-22-12-13-28-24(14-22)25(30(36)17-33-28)15-29-19(4)23(20(5)34-29)16-31(37)35(7-2)8-3/h9-15,33-34H,6-8,16-18H2,1-5H3/b25-15-. The van der Waals surface area contributed by atoms with Crippen molar-refractivity contribution in [3.8, 4) is 0 Å². The Labute approximate surface area is 235 Å². The Bertz CT molecular complexity index is 1390. The lowest BCUT2D eigenvalue weighted by Gasteiger charge is -2.21. The third kappa shape index (κ3) is 5.87. The molecule has 0 spiro atoms. The maximum absolute atomic E-state index is 13.1. The van der Waals surface area contributed by atoms with E-state index in [2.05, 4.69) is 35.4 Å². The van der Waals surface area contributed by atoms with Gasteiger partial charge in [0.25, 0.3) is 0 Å². The van der Waals surface area contributed by atoms with Gasteiger partial charge in [-0.2, -0.15) is 0 Å². The number of carbonyl (C=O) groups is 2. The molecule has 1 amide bonds. The van der Waals surface area contributed by atoms with Crippen LogP contribution in [0.15, 0.2) is 41.3 Å². The zero-order valence-electron chi connectivity index (χ0n) is 22.8. The summed E-state index contributed by atoms with van der Waals surface area (Å²) < 4.78 is 0. The molecule has 0 atom stereocenters. The third-order valence-corrected chi connectivity index (χ3v) is 8.74. The third-order valence-electron chi connectivity index (χ3n) is 7.37. The molecule has 4 rings (SSSR count). The van der Waals surface area contributed by atoms with Crippen LogP contribution in [0, 0.1) is 13.8 Å². The Hall–Kier alpha value is -2.96. The van der Waals surface area contributed by atoms with Crippen molar-refractivity contribution in [1.82, 2.24) is 9.88 Å². The summed E-state index contributed by atoms with van der Waals surface area (Å²) in [5.41, 5.74) is 8.81. The van der Waals surface area contributed by atoms with Gasteiger partial charge < -0.3 is 15.2 Å². The van der Waals surface area contributed by atoms with Crippen LogP contribution in [0.2, 0.25) is 5.02 Å². The zero-order valence-corrected chi connectivity index (χ0v) is 24.4. The molecule has 0 saturated carbocycles. The topological polar surface area (TPSA) is 65.2 Å². The molecule has 1 aliphatic heterocycles. The van der Waals surface area contributed by atoms with Gasteiger partial charge in [-0.3, -0.25) is 9.59 Å².